The van der Waals surface area contributed by atoms with Gasteiger partial charge in [-0.15, -0.1) is 11.8 Å². The number of benzene rings is 1. The zero-order chi connectivity index (χ0) is 12.5. The van der Waals surface area contributed by atoms with E-state index in [2.05, 4.69) is 18.2 Å². The average Bonchev–Trinajstić information content (AvgIpc) is 2.26. The van der Waals surface area contributed by atoms with Crippen molar-refractivity contribution in [3.63, 3.8) is 0 Å². The average molecular weight is 250 g/mol. The lowest BCUT2D eigenvalue weighted by atomic mass is 9.81. The van der Waals surface area contributed by atoms with Gasteiger partial charge in [-0.25, -0.2) is 0 Å². The van der Waals surface area contributed by atoms with Gasteiger partial charge in [-0.1, -0.05) is 26.0 Å². The molecule has 1 aromatic rings. The molecule has 0 radical (unpaired) electrons. The van der Waals surface area contributed by atoms with E-state index < -0.39 is 5.97 Å². The standard InChI is InChI=1S/C14H18O2S/c1-14(2,9-13(15)16)11-6-5-10-4-3-7-17-12(10)8-11/h5-6,8H,3-4,7,9H2,1-2H3,(H,15,16). The van der Waals surface area contributed by atoms with Crippen molar-refractivity contribution >= 4 is 17.7 Å². The van der Waals surface area contributed by atoms with Gasteiger partial charge in [-0.2, -0.15) is 0 Å². The van der Waals surface area contributed by atoms with Crippen LogP contribution in [-0.2, 0) is 16.6 Å². The lowest BCUT2D eigenvalue weighted by Crippen LogP contribution is -2.22. The minimum Gasteiger partial charge on any atom is -0.481 e. The number of thioether (sulfide) groups is 1. The molecule has 3 heteroatoms. The van der Waals surface area contributed by atoms with Gasteiger partial charge in [0.05, 0.1) is 6.42 Å². The Morgan fingerprint density at radius 2 is 2.24 bits per heavy atom. The molecular formula is C14H18O2S. The molecule has 92 valence electrons. The second-order valence-corrected chi connectivity index (χ2v) is 6.37. The largest absolute Gasteiger partial charge is 0.481 e. The highest BCUT2D eigenvalue weighted by atomic mass is 32.2. The summed E-state index contributed by atoms with van der Waals surface area (Å²) >= 11 is 1.89. The first-order valence-electron chi connectivity index (χ1n) is 5.97. The number of carboxylic acid groups (broad SMARTS) is 1. The van der Waals surface area contributed by atoms with Crippen LogP contribution in [0.4, 0.5) is 0 Å². The summed E-state index contributed by atoms with van der Waals surface area (Å²) in [4.78, 5) is 12.2. The summed E-state index contributed by atoms with van der Waals surface area (Å²) in [6.45, 7) is 3.99. The van der Waals surface area contributed by atoms with E-state index in [0.29, 0.717) is 0 Å². The molecule has 1 heterocycles. The Morgan fingerprint density at radius 3 is 2.94 bits per heavy atom. The maximum absolute atomic E-state index is 10.9. The first-order valence-corrected chi connectivity index (χ1v) is 6.95. The fraction of sp³-hybridized carbons (Fsp3) is 0.500. The van der Waals surface area contributed by atoms with Gasteiger partial charge >= 0.3 is 5.97 Å². The molecule has 1 aromatic carbocycles. The number of hydrogen-bond acceptors (Lipinski definition) is 2. The first-order chi connectivity index (χ1) is 7.99. The molecule has 1 aliphatic heterocycles. The molecule has 0 spiro atoms. The number of carbonyl (C=O) groups is 1. The quantitative estimate of drug-likeness (QED) is 0.892. The highest BCUT2D eigenvalue weighted by Crippen LogP contribution is 2.35. The van der Waals surface area contributed by atoms with Crippen molar-refractivity contribution in [2.45, 2.75) is 43.4 Å². The van der Waals surface area contributed by atoms with Gasteiger partial charge in [0.25, 0.3) is 0 Å². The number of rotatable bonds is 3. The summed E-state index contributed by atoms with van der Waals surface area (Å²) in [7, 11) is 0. The third-order valence-corrected chi connectivity index (χ3v) is 4.47. The molecule has 0 bridgehead atoms. The Kier molecular flexibility index (Phi) is 3.48. The zero-order valence-electron chi connectivity index (χ0n) is 10.3. The molecule has 2 rings (SSSR count). The predicted octanol–water partition coefficient (Wildman–Crippen LogP) is 3.48. The van der Waals surface area contributed by atoms with Gasteiger partial charge in [0.2, 0.25) is 0 Å². The van der Waals surface area contributed by atoms with E-state index in [1.165, 1.54) is 22.6 Å². The summed E-state index contributed by atoms with van der Waals surface area (Å²) in [6.07, 6.45) is 2.58. The Balaban J connectivity index is 2.30. The lowest BCUT2D eigenvalue weighted by molar-refractivity contribution is -0.138. The number of fused-ring (bicyclic) bond motifs is 1. The van der Waals surface area contributed by atoms with Crippen LogP contribution in [0.2, 0.25) is 0 Å². The Bertz CT molecular complexity index is 438. The van der Waals surface area contributed by atoms with Gasteiger partial charge < -0.3 is 5.11 Å². The normalized spacial score (nSPS) is 15.4. The smallest absolute Gasteiger partial charge is 0.304 e. The van der Waals surface area contributed by atoms with Crippen LogP contribution in [0, 0.1) is 0 Å². The molecule has 2 nitrogen and oxygen atoms in total. The molecule has 0 aromatic heterocycles. The molecule has 0 atom stereocenters. The zero-order valence-corrected chi connectivity index (χ0v) is 11.1. The summed E-state index contributed by atoms with van der Waals surface area (Å²) in [5, 5.41) is 8.94. The highest BCUT2D eigenvalue weighted by molar-refractivity contribution is 7.99. The highest BCUT2D eigenvalue weighted by Gasteiger charge is 2.25. The molecule has 17 heavy (non-hydrogen) atoms. The maximum Gasteiger partial charge on any atom is 0.304 e. The maximum atomic E-state index is 10.9. The predicted molar refractivity (Wildman–Crippen MR) is 70.8 cm³/mol. The van der Waals surface area contributed by atoms with Gasteiger partial charge in [0.1, 0.15) is 0 Å². The molecular weight excluding hydrogens is 232 g/mol. The molecule has 0 saturated carbocycles. The second kappa shape index (κ2) is 4.73. The Morgan fingerprint density at radius 1 is 1.47 bits per heavy atom. The SMILES string of the molecule is CC(C)(CC(=O)O)c1ccc2c(c1)SCCC2. The summed E-state index contributed by atoms with van der Waals surface area (Å²) in [5.41, 5.74) is 2.25. The molecule has 1 N–H and O–H groups in total. The van der Waals surface area contributed by atoms with E-state index >= 15 is 0 Å². The third kappa shape index (κ3) is 2.83. The fourth-order valence-electron chi connectivity index (χ4n) is 2.24. The van der Waals surface area contributed by atoms with Crippen LogP contribution >= 0.6 is 11.8 Å². The Labute approximate surface area is 106 Å². The summed E-state index contributed by atoms with van der Waals surface area (Å²) in [5.74, 6) is 0.441. The van der Waals surface area contributed by atoms with Crippen LogP contribution in [0.25, 0.3) is 0 Å². The van der Waals surface area contributed by atoms with Gasteiger partial charge in [0.15, 0.2) is 0 Å². The lowest BCUT2D eigenvalue weighted by Gasteiger charge is -2.25. The van der Waals surface area contributed by atoms with Crippen molar-refractivity contribution in [1.29, 1.82) is 0 Å². The van der Waals surface area contributed by atoms with Gasteiger partial charge in [-0.05, 0) is 35.8 Å². The van der Waals surface area contributed by atoms with Crippen LogP contribution in [0.5, 0.6) is 0 Å². The monoisotopic (exact) mass is 250 g/mol. The van der Waals surface area contributed by atoms with Crippen LogP contribution < -0.4 is 0 Å². The summed E-state index contributed by atoms with van der Waals surface area (Å²) < 4.78 is 0. The summed E-state index contributed by atoms with van der Waals surface area (Å²) in [6, 6.07) is 6.44. The minimum atomic E-state index is -0.736. The van der Waals surface area contributed by atoms with Crippen molar-refractivity contribution in [3.8, 4) is 0 Å². The number of aryl methyl sites for hydroxylation is 1. The number of hydrogen-bond donors (Lipinski definition) is 1. The molecule has 0 aliphatic carbocycles. The van der Waals surface area contributed by atoms with E-state index in [9.17, 15) is 4.79 Å². The molecule has 0 saturated heterocycles. The van der Waals surface area contributed by atoms with Crippen LogP contribution in [-0.4, -0.2) is 16.8 Å². The van der Waals surface area contributed by atoms with Gasteiger partial charge in [-0.3, -0.25) is 4.79 Å². The molecule has 1 aliphatic rings. The Hall–Kier alpha value is -0.960. The topological polar surface area (TPSA) is 37.3 Å². The van der Waals surface area contributed by atoms with E-state index in [4.69, 9.17) is 5.11 Å². The second-order valence-electron chi connectivity index (χ2n) is 5.23. The van der Waals surface area contributed by atoms with Crippen molar-refractivity contribution in [3.05, 3.63) is 29.3 Å². The van der Waals surface area contributed by atoms with Crippen LogP contribution in [0.15, 0.2) is 23.1 Å². The van der Waals surface area contributed by atoms with Crippen molar-refractivity contribution in [2.75, 3.05) is 5.75 Å². The van der Waals surface area contributed by atoms with Gasteiger partial charge in [0, 0.05) is 10.3 Å². The fourth-order valence-corrected chi connectivity index (χ4v) is 3.32. The molecule has 0 fully saturated rings. The molecule has 0 amide bonds. The van der Waals surface area contributed by atoms with Crippen molar-refractivity contribution in [1.82, 2.24) is 0 Å². The van der Waals surface area contributed by atoms with E-state index in [1.54, 1.807) is 0 Å². The first kappa shape index (κ1) is 12.5. The van der Waals surface area contributed by atoms with E-state index in [0.717, 1.165) is 12.0 Å². The van der Waals surface area contributed by atoms with Crippen molar-refractivity contribution < 1.29 is 9.90 Å². The third-order valence-electron chi connectivity index (χ3n) is 3.29. The van der Waals surface area contributed by atoms with Crippen molar-refractivity contribution in [2.24, 2.45) is 0 Å². The number of aliphatic carboxylic acids is 1. The van der Waals surface area contributed by atoms with E-state index in [1.807, 2.05) is 25.6 Å². The molecule has 0 unspecified atom stereocenters. The van der Waals surface area contributed by atoms with E-state index in [-0.39, 0.29) is 11.8 Å². The van der Waals surface area contributed by atoms with Crippen LogP contribution in [0.1, 0.15) is 37.8 Å². The number of carboxylic acids is 1. The minimum absolute atomic E-state index is 0.177. The van der Waals surface area contributed by atoms with Crippen LogP contribution in [0.3, 0.4) is 0 Å².